The Bertz CT molecular complexity index is 422. The van der Waals surface area contributed by atoms with Crippen LogP contribution in [0.25, 0.3) is 0 Å². The van der Waals surface area contributed by atoms with Crippen molar-refractivity contribution in [2.24, 2.45) is 0 Å². The second-order valence-electron chi connectivity index (χ2n) is 4.60. The summed E-state index contributed by atoms with van der Waals surface area (Å²) in [4.78, 5) is 14.3. The lowest BCUT2D eigenvalue weighted by molar-refractivity contribution is 0.0573. The molecule has 7 heteroatoms. The van der Waals surface area contributed by atoms with Crippen molar-refractivity contribution in [2.45, 2.75) is 38.6 Å². The average Bonchev–Trinajstić information content (AvgIpc) is 2.88. The molecule has 1 saturated heterocycles. The van der Waals surface area contributed by atoms with Crippen molar-refractivity contribution >= 4 is 22.4 Å². The van der Waals surface area contributed by atoms with Crippen molar-refractivity contribution in [3.63, 3.8) is 0 Å². The average molecular weight is 284 g/mol. The zero-order valence-electron chi connectivity index (χ0n) is 11.1. The lowest BCUT2D eigenvalue weighted by atomic mass is 9.99. The molecule has 1 fully saturated rings. The van der Waals surface area contributed by atoms with Crippen molar-refractivity contribution in [2.75, 3.05) is 25.0 Å². The van der Waals surface area contributed by atoms with Crippen LogP contribution in [0.3, 0.4) is 0 Å². The number of nitrogens with zero attached hydrogens (tertiary/aromatic N) is 3. The number of hydrogen-bond donors (Lipinski definition) is 2. The number of piperidine rings is 1. The number of anilines is 1. The van der Waals surface area contributed by atoms with Gasteiger partial charge in [0.15, 0.2) is 0 Å². The molecule has 1 aromatic rings. The van der Waals surface area contributed by atoms with Gasteiger partial charge >= 0.3 is 0 Å². The number of carbonyl (C=O) groups is 1. The van der Waals surface area contributed by atoms with E-state index < -0.39 is 0 Å². The normalized spacial score (nSPS) is 19.5. The van der Waals surface area contributed by atoms with E-state index in [0.717, 1.165) is 32.4 Å². The van der Waals surface area contributed by atoms with Gasteiger partial charge in [-0.25, -0.2) is 0 Å². The molecular weight excluding hydrogens is 264 g/mol. The van der Waals surface area contributed by atoms with E-state index in [1.54, 1.807) is 0 Å². The SMILES string of the molecule is CCNc1nnc(C(=O)N2CCCCC2CCO)s1. The number of carbonyl (C=O) groups excluding carboxylic acids is 1. The zero-order chi connectivity index (χ0) is 13.7. The fourth-order valence-corrected chi connectivity index (χ4v) is 3.14. The first-order chi connectivity index (χ1) is 9.26. The predicted octanol–water partition coefficient (Wildman–Crippen LogP) is 1.35. The van der Waals surface area contributed by atoms with Crippen LogP contribution in [0.1, 0.15) is 42.4 Å². The van der Waals surface area contributed by atoms with Gasteiger partial charge in [-0.3, -0.25) is 4.79 Å². The Morgan fingerprint density at radius 1 is 1.53 bits per heavy atom. The van der Waals surface area contributed by atoms with Crippen molar-refractivity contribution in [1.29, 1.82) is 0 Å². The lowest BCUT2D eigenvalue weighted by Crippen LogP contribution is -2.44. The van der Waals surface area contributed by atoms with Crippen LogP contribution in [0.2, 0.25) is 0 Å². The molecule has 1 amide bonds. The molecule has 2 rings (SSSR count). The topological polar surface area (TPSA) is 78.4 Å². The summed E-state index contributed by atoms with van der Waals surface area (Å²) in [5, 5.41) is 21.2. The second kappa shape index (κ2) is 6.81. The van der Waals surface area contributed by atoms with Crippen LogP contribution < -0.4 is 5.32 Å². The second-order valence-corrected chi connectivity index (χ2v) is 5.58. The third-order valence-corrected chi connectivity index (χ3v) is 4.16. The van der Waals surface area contributed by atoms with Gasteiger partial charge in [0.2, 0.25) is 10.1 Å². The minimum absolute atomic E-state index is 0.0557. The molecule has 2 N–H and O–H groups in total. The number of amides is 1. The molecule has 6 nitrogen and oxygen atoms in total. The maximum atomic E-state index is 12.4. The molecule has 2 heterocycles. The van der Waals surface area contributed by atoms with E-state index in [1.807, 2.05) is 11.8 Å². The Labute approximate surface area is 116 Å². The van der Waals surface area contributed by atoms with Crippen LogP contribution in [-0.4, -0.2) is 51.8 Å². The molecule has 19 heavy (non-hydrogen) atoms. The standard InChI is InChI=1S/C12H20N4O2S/c1-2-13-12-15-14-10(19-12)11(18)16-7-4-3-5-9(16)6-8-17/h9,17H,2-8H2,1H3,(H,13,15). The van der Waals surface area contributed by atoms with Gasteiger partial charge in [0.1, 0.15) is 0 Å². The first kappa shape index (κ1) is 14.2. The number of aromatic nitrogens is 2. The minimum Gasteiger partial charge on any atom is -0.396 e. The number of likely N-dealkylation sites (tertiary alicyclic amines) is 1. The summed E-state index contributed by atoms with van der Waals surface area (Å²) < 4.78 is 0. The van der Waals surface area contributed by atoms with Gasteiger partial charge in [0, 0.05) is 25.7 Å². The van der Waals surface area contributed by atoms with Crippen molar-refractivity contribution in [3.8, 4) is 0 Å². The highest BCUT2D eigenvalue weighted by Crippen LogP contribution is 2.24. The zero-order valence-corrected chi connectivity index (χ0v) is 11.9. The van der Waals surface area contributed by atoms with Gasteiger partial charge in [0.25, 0.3) is 5.91 Å². The van der Waals surface area contributed by atoms with Crippen molar-refractivity contribution in [3.05, 3.63) is 5.01 Å². The molecule has 106 valence electrons. The first-order valence-electron chi connectivity index (χ1n) is 6.75. The van der Waals surface area contributed by atoms with Crippen LogP contribution in [0.4, 0.5) is 5.13 Å². The minimum atomic E-state index is -0.0557. The molecule has 0 saturated carbocycles. The van der Waals surface area contributed by atoms with Gasteiger partial charge in [0.05, 0.1) is 0 Å². The van der Waals surface area contributed by atoms with Crippen LogP contribution in [0.5, 0.6) is 0 Å². The van der Waals surface area contributed by atoms with E-state index in [0.29, 0.717) is 16.6 Å². The fourth-order valence-electron chi connectivity index (χ4n) is 2.37. The van der Waals surface area contributed by atoms with E-state index in [2.05, 4.69) is 15.5 Å². The number of aliphatic hydroxyl groups is 1. The molecule has 1 atom stereocenters. The summed E-state index contributed by atoms with van der Waals surface area (Å²) >= 11 is 1.29. The van der Waals surface area contributed by atoms with Crippen LogP contribution in [0.15, 0.2) is 0 Å². The highest BCUT2D eigenvalue weighted by Gasteiger charge is 2.29. The Balaban J connectivity index is 2.07. The third-order valence-electron chi connectivity index (χ3n) is 3.29. The van der Waals surface area contributed by atoms with Crippen LogP contribution in [-0.2, 0) is 0 Å². The maximum Gasteiger partial charge on any atom is 0.285 e. The summed E-state index contributed by atoms with van der Waals surface area (Å²) in [6, 6.07) is 0.137. The number of hydrogen-bond acceptors (Lipinski definition) is 6. The van der Waals surface area contributed by atoms with E-state index in [4.69, 9.17) is 5.11 Å². The molecule has 0 aliphatic carbocycles. The molecule has 0 radical (unpaired) electrons. The summed E-state index contributed by atoms with van der Waals surface area (Å²) in [5.41, 5.74) is 0. The molecule has 0 bridgehead atoms. The number of rotatable bonds is 5. The Kier molecular flexibility index (Phi) is 5.09. The monoisotopic (exact) mass is 284 g/mol. The van der Waals surface area contributed by atoms with Gasteiger partial charge in [-0.05, 0) is 32.6 Å². The Hall–Kier alpha value is -1.21. The maximum absolute atomic E-state index is 12.4. The third kappa shape index (κ3) is 3.42. The molecule has 1 unspecified atom stereocenters. The van der Waals surface area contributed by atoms with Crippen molar-refractivity contribution < 1.29 is 9.90 Å². The summed E-state index contributed by atoms with van der Waals surface area (Å²) in [5.74, 6) is -0.0557. The highest BCUT2D eigenvalue weighted by atomic mass is 32.1. The van der Waals surface area contributed by atoms with Crippen molar-refractivity contribution in [1.82, 2.24) is 15.1 Å². The van der Waals surface area contributed by atoms with E-state index in [-0.39, 0.29) is 18.6 Å². The van der Waals surface area contributed by atoms with E-state index >= 15 is 0 Å². The summed E-state index contributed by atoms with van der Waals surface area (Å²) in [6.07, 6.45) is 3.75. The number of nitrogens with one attached hydrogen (secondary N) is 1. The Morgan fingerprint density at radius 3 is 3.11 bits per heavy atom. The van der Waals surface area contributed by atoms with Crippen LogP contribution >= 0.6 is 11.3 Å². The van der Waals surface area contributed by atoms with Gasteiger partial charge in [-0.15, -0.1) is 10.2 Å². The molecule has 1 aromatic heterocycles. The number of aliphatic hydroxyl groups excluding tert-OH is 1. The molecule has 0 spiro atoms. The fraction of sp³-hybridized carbons (Fsp3) is 0.750. The Morgan fingerprint density at radius 2 is 2.37 bits per heavy atom. The molecule has 1 aliphatic rings. The summed E-state index contributed by atoms with van der Waals surface area (Å²) in [6.45, 7) is 3.61. The van der Waals surface area contributed by atoms with E-state index in [9.17, 15) is 4.79 Å². The highest BCUT2D eigenvalue weighted by molar-refractivity contribution is 7.17. The summed E-state index contributed by atoms with van der Waals surface area (Å²) in [7, 11) is 0. The van der Waals surface area contributed by atoms with Crippen LogP contribution in [0, 0.1) is 0 Å². The van der Waals surface area contributed by atoms with Gasteiger partial charge < -0.3 is 15.3 Å². The molecular formula is C12H20N4O2S. The lowest BCUT2D eigenvalue weighted by Gasteiger charge is -2.34. The largest absolute Gasteiger partial charge is 0.396 e. The van der Waals surface area contributed by atoms with Gasteiger partial charge in [-0.1, -0.05) is 11.3 Å². The smallest absolute Gasteiger partial charge is 0.285 e. The molecule has 1 aliphatic heterocycles. The quantitative estimate of drug-likeness (QED) is 0.853. The van der Waals surface area contributed by atoms with E-state index in [1.165, 1.54) is 11.3 Å². The van der Waals surface area contributed by atoms with Gasteiger partial charge in [-0.2, -0.15) is 0 Å². The first-order valence-corrected chi connectivity index (χ1v) is 7.57. The predicted molar refractivity (Wildman–Crippen MR) is 74.5 cm³/mol. The molecule has 0 aromatic carbocycles.